The second-order valence-electron chi connectivity index (χ2n) is 6.59. The maximum absolute atomic E-state index is 12.7. The van der Waals surface area contributed by atoms with Gasteiger partial charge in [-0.25, -0.2) is 4.98 Å². The lowest BCUT2D eigenvalue weighted by Gasteiger charge is -2.31. The van der Waals surface area contributed by atoms with Gasteiger partial charge in [-0.3, -0.25) is 14.4 Å². The normalized spacial score (nSPS) is 16.5. The molecule has 2 amide bonds. The molecule has 148 valence electrons. The summed E-state index contributed by atoms with van der Waals surface area (Å²) in [6, 6.07) is 9.42. The number of amides is 2. The van der Waals surface area contributed by atoms with Gasteiger partial charge < -0.3 is 15.0 Å². The maximum atomic E-state index is 12.7. The van der Waals surface area contributed by atoms with Gasteiger partial charge in [0.25, 0.3) is 5.91 Å². The number of carbonyl (C=O) groups excluding carboxylic acids is 3. The van der Waals surface area contributed by atoms with Gasteiger partial charge in [0.05, 0.1) is 18.9 Å². The predicted octanol–water partition coefficient (Wildman–Crippen LogP) is 2.74. The minimum absolute atomic E-state index is 0.181. The Balaban J connectivity index is 1.57. The number of benzene rings is 1. The molecular formula is C20H23N3O4S. The van der Waals surface area contributed by atoms with E-state index in [0.717, 1.165) is 18.4 Å². The van der Waals surface area contributed by atoms with E-state index in [4.69, 9.17) is 4.74 Å². The molecule has 1 aromatic heterocycles. The molecular weight excluding hydrogens is 378 g/mol. The molecule has 0 spiro atoms. The van der Waals surface area contributed by atoms with Gasteiger partial charge in [-0.05, 0) is 25.3 Å². The summed E-state index contributed by atoms with van der Waals surface area (Å²) in [5.74, 6) is -0.956. The highest BCUT2D eigenvalue weighted by Gasteiger charge is 2.30. The number of ether oxygens (including phenoxy) is 1. The summed E-state index contributed by atoms with van der Waals surface area (Å²) in [4.78, 5) is 42.7. The van der Waals surface area contributed by atoms with Crippen molar-refractivity contribution < 1.29 is 19.1 Å². The van der Waals surface area contributed by atoms with E-state index in [-0.39, 0.29) is 35.8 Å². The van der Waals surface area contributed by atoms with Crippen molar-refractivity contribution in [1.29, 1.82) is 0 Å². The van der Waals surface area contributed by atoms with Gasteiger partial charge in [0.15, 0.2) is 5.13 Å². The zero-order chi connectivity index (χ0) is 19.9. The molecule has 1 aliphatic rings. The van der Waals surface area contributed by atoms with Crippen LogP contribution in [0.3, 0.4) is 0 Å². The highest BCUT2D eigenvalue weighted by atomic mass is 32.1. The predicted molar refractivity (Wildman–Crippen MR) is 106 cm³/mol. The Morgan fingerprint density at radius 2 is 2.07 bits per heavy atom. The Morgan fingerprint density at radius 3 is 2.82 bits per heavy atom. The molecule has 0 radical (unpaired) electrons. The Kier molecular flexibility index (Phi) is 6.76. The van der Waals surface area contributed by atoms with E-state index in [0.29, 0.717) is 24.8 Å². The number of thiazole rings is 1. The average molecular weight is 401 g/mol. The van der Waals surface area contributed by atoms with Crippen LogP contribution in [0.4, 0.5) is 5.13 Å². The molecule has 0 aliphatic carbocycles. The molecule has 0 saturated carbocycles. The fourth-order valence-corrected chi connectivity index (χ4v) is 3.85. The van der Waals surface area contributed by atoms with Crippen LogP contribution in [-0.2, 0) is 20.7 Å². The molecule has 3 rings (SSSR count). The second-order valence-corrected chi connectivity index (χ2v) is 7.45. The zero-order valence-electron chi connectivity index (χ0n) is 15.7. The molecule has 1 saturated heterocycles. The van der Waals surface area contributed by atoms with Crippen molar-refractivity contribution in [1.82, 2.24) is 9.88 Å². The number of anilines is 1. The lowest BCUT2D eigenvalue weighted by molar-refractivity contribution is -0.149. The lowest BCUT2D eigenvalue weighted by Crippen LogP contribution is -2.43. The van der Waals surface area contributed by atoms with Gasteiger partial charge in [-0.1, -0.05) is 30.3 Å². The smallest absolute Gasteiger partial charge is 0.310 e. The van der Waals surface area contributed by atoms with Crippen molar-refractivity contribution in [2.24, 2.45) is 5.92 Å². The number of piperidine rings is 1. The van der Waals surface area contributed by atoms with Gasteiger partial charge in [0.1, 0.15) is 5.69 Å². The van der Waals surface area contributed by atoms with E-state index in [1.54, 1.807) is 17.2 Å². The molecule has 28 heavy (non-hydrogen) atoms. The van der Waals surface area contributed by atoms with E-state index in [1.807, 2.05) is 30.3 Å². The van der Waals surface area contributed by atoms with Crippen LogP contribution in [0.25, 0.3) is 0 Å². The fourth-order valence-electron chi connectivity index (χ4n) is 3.15. The first-order valence-electron chi connectivity index (χ1n) is 9.32. The highest BCUT2D eigenvalue weighted by Crippen LogP contribution is 2.22. The van der Waals surface area contributed by atoms with Crippen LogP contribution in [0, 0.1) is 5.92 Å². The van der Waals surface area contributed by atoms with Gasteiger partial charge in [0.2, 0.25) is 5.91 Å². The van der Waals surface area contributed by atoms with Gasteiger partial charge in [-0.15, -0.1) is 11.3 Å². The van der Waals surface area contributed by atoms with Gasteiger partial charge in [0, 0.05) is 18.5 Å². The summed E-state index contributed by atoms with van der Waals surface area (Å²) < 4.78 is 5.07. The van der Waals surface area contributed by atoms with Crippen LogP contribution in [0.5, 0.6) is 0 Å². The molecule has 1 aromatic carbocycles. The molecule has 7 nitrogen and oxygen atoms in total. The summed E-state index contributed by atoms with van der Waals surface area (Å²) in [6.45, 7) is 3.03. The van der Waals surface area contributed by atoms with Crippen LogP contribution < -0.4 is 5.32 Å². The SMILES string of the molecule is CCOC(=O)C1CCCN(C(=O)c2csc(NC(=O)Cc3ccccc3)n2)C1. The van der Waals surface area contributed by atoms with Crippen molar-refractivity contribution in [3.8, 4) is 0 Å². The van der Waals surface area contributed by atoms with E-state index in [2.05, 4.69) is 10.3 Å². The number of rotatable bonds is 6. The maximum Gasteiger partial charge on any atom is 0.310 e. The molecule has 1 aliphatic heterocycles. The summed E-state index contributed by atoms with van der Waals surface area (Å²) in [6.07, 6.45) is 1.72. The first-order chi connectivity index (χ1) is 13.6. The highest BCUT2D eigenvalue weighted by molar-refractivity contribution is 7.14. The molecule has 2 heterocycles. The summed E-state index contributed by atoms with van der Waals surface area (Å²) in [5, 5.41) is 4.76. The molecule has 1 fully saturated rings. The van der Waals surface area contributed by atoms with Crippen molar-refractivity contribution in [2.75, 3.05) is 25.0 Å². The molecule has 1 atom stereocenters. The number of esters is 1. The molecule has 2 aromatic rings. The van der Waals surface area contributed by atoms with Crippen LogP contribution in [0.1, 0.15) is 35.8 Å². The number of nitrogens with zero attached hydrogens (tertiary/aromatic N) is 2. The monoisotopic (exact) mass is 401 g/mol. The van der Waals surface area contributed by atoms with E-state index in [9.17, 15) is 14.4 Å². The topological polar surface area (TPSA) is 88.6 Å². The van der Waals surface area contributed by atoms with E-state index >= 15 is 0 Å². The summed E-state index contributed by atoms with van der Waals surface area (Å²) in [5.41, 5.74) is 1.19. The number of carbonyl (C=O) groups is 3. The van der Waals surface area contributed by atoms with Crippen LogP contribution in [-0.4, -0.2) is 47.4 Å². The van der Waals surface area contributed by atoms with Crippen molar-refractivity contribution >= 4 is 34.3 Å². The van der Waals surface area contributed by atoms with Gasteiger partial charge >= 0.3 is 5.97 Å². The first-order valence-corrected chi connectivity index (χ1v) is 10.2. The standard InChI is InChI=1S/C20H23N3O4S/c1-2-27-19(26)15-9-6-10-23(12-15)18(25)16-13-28-20(21-16)22-17(24)11-14-7-4-3-5-8-14/h3-5,7-8,13,15H,2,6,9-12H2,1H3,(H,21,22,24). The zero-order valence-corrected chi connectivity index (χ0v) is 16.5. The Hall–Kier alpha value is -2.74. The van der Waals surface area contributed by atoms with Crippen molar-refractivity contribution in [3.05, 3.63) is 47.0 Å². The van der Waals surface area contributed by atoms with Crippen LogP contribution >= 0.6 is 11.3 Å². The number of aromatic nitrogens is 1. The summed E-state index contributed by atoms with van der Waals surface area (Å²) >= 11 is 1.21. The molecule has 1 unspecified atom stereocenters. The van der Waals surface area contributed by atoms with Gasteiger partial charge in [-0.2, -0.15) is 0 Å². The Morgan fingerprint density at radius 1 is 1.29 bits per heavy atom. The minimum Gasteiger partial charge on any atom is -0.466 e. The Labute approximate surface area is 167 Å². The van der Waals surface area contributed by atoms with Crippen LogP contribution in [0.2, 0.25) is 0 Å². The lowest BCUT2D eigenvalue weighted by atomic mass is 9.98. The second kappa shape index (κ2) is 9.45. The largest absolute Gasteiger partial charge is 0.466 e. The minimum atomic E-state index is -0.290. The Bertz CT molecular complexity index is 837. The molecule has 0 bridgehead atoms. The van der Waals surface area contributed by atoms with Crippen molar-refractivity contribution in [2.45, 2.75) is 26.2 Å². The van der Waals surface area contributed by atoms with Crippen LogP contribution in [0.15, 0.2) is 35.7 Å². The molecule has 1 N–H and O–H groups in total. The van der Waals surface area contributed by atoms with E-state index < -0.39 is 0 Å². The summed E-state index contributed by atoms with van der Waals surface area (Å²) in [7, 11) is 0. The fraction of sp³-hybridized carbons (Fsp3) is 0.400. The number of hydrogen-bond donors (Lipinski definition) is 1. The quantitative estimate of drug-likeness (QED) is 0.752. The van der Waals surface area contributed by atoms with E-state index in [1.165, 1.54) is 11.3 Å². The number of likely N-dealkylation sites (tertiary alicyclic amines) is 1. The average Bonchev–Trinajstić information content (AvgIpc) is 3.16. The third kappa shape index (κ3) is 5.16. The first kappa shape index (κ1) is 20.0. The number of hydrogen-bond acceptors (Lipinski definition) is 6. The third-order valence-electron chi connectivity index (χ3n) is 4.51. The third-order valence-corrected chi connectivity index (χ3v) is 5.26. The molecule has 8 heteroatoms. The number of nitrogens with one attached hydrogen (secondary N) is 1. The van der Waals surface area contributed by atoms with Crippen molar-refractivity contribution in [3.63, 3.8) is 0 Å².